The summed E-state index contributed by atoms with van der Waals surface area (Å²) in [6, 6.07) is 0. The second kappa shape index (κ2) is 5.41. The van der Waals surface area contributed by atoms with Crippen molar-refractivity contribution in [3.05, 3.63) is 24.3 Å². The average molecular weight is 294 g/mol. The van der Waals surface area contributed by atoms with E-state index >= 15 is 0 Å². The molecule has 0 saturated heterocycles. The predicted molar refractivity (Wildman–Crippen MR) is 81.6 cm³/mol. The third-order valence-corrected chi connectivity index (χ3v) is 4.88. The molecule has 0 aromatic carbocycles. The smallest absolute Gasteiger partial charge is 0.339 e. The molecule has 0 bridgehead atoms. The summed E-state index contributed by atoms with van der Waals surface area (Å²) in [5, 5.41) is 10.8. The van der Waals surface area contributed by atoms with Crippen LogP contribution in [0.1, 0.15) is 41.0 Å². The fourth-order valence-corrected chi connectivity index (χ4v) is 3.41. The highest BCUT2D eigenvalue weighted by molar-refractivity contribution is 5.99. The first kappa shape index (κ1) is 17.6. The van der Waals surface area contributed by atoms with Gasteiger partial charge < -0.3 is 9.84 Å². The molecular formula is C17H26O4. The van der Waals surface area contributed by atoms with Gasteiger partial charge in [0.2, 0.25) is 0 Å². The summed E-state index contributed by atoms with van der Waals surface area (Å²) in [6.45, 7) is 12.7. The van der Waals surface area contributed by atoms with Gasteiger partial charge in [-0.15, -0.1) is 0 Å². The molecule has 1 N–H and O–H groups in total. The summed E-state index contributed by atoms with van der Waals surface area (Å²) < 4.78 is 4.72. The minimum atomic E-state index is -1.87. The molecule has 0 heterocycles. The van der Waals surface area contributed by atoms with Crippen molar-refractivity contribution in [3.63, 3.8) is 0 Å². The van der Waals surface area contributed by atoms with Crippen molar-refractivity contribution < 1.29 is 19.4 Å². The van der Waals surface area contributed by atoms with Crippen LogP contribution >= 0.6 is 0 Å². The van der Waals surface area contributed by atoms with E-state index in [1.54, 1.807) is 19.9 Å². The van der Waals surface area contributed by atoms with Gasteiger partial charge in [-0.2, -0.15) is 0 Å². The molecule has 1 aliphatic carbocycles. The van der Waals surface area contributed by atoms with Crippen LogP contribution < -0.4 is 0 Å². The zero-order chi connectivity index (χ0) is 16.6. The van der Waals surface area contributed by atoms with Crippen LogP contribution in [0.15, 0.2) is 24.3 Å². The Morgan fingerprint density at radius 3 is 2.38 bits per heavy atom. The number of aliphatic hydroxyl groups is 1. The Hall–Kier alpha value is -1.42. The zero-order valence-corrected chi connectivity index (χ0v) is 13.8. The second-order valence-electron chi connectivity index (χ2n) is 6.64. The molecule has 1 rings (SSSR count). The van der Waals surface area contributed by atoms with Crippen molar-refractivity contribution in [2.75, 3.05) is 7.11 Å². The number of hydrogen-bond acceptors (Lipinski definition) is 4. The molecule has 0 aliphatic heterocycles. The van der Waals surface area contributed by atoms with E-state index < -0.39 is 22.4 Å². The predicted octanol–water partition coefficient (Wildman–Crippen LogP) is 2.66. The van der Waals surface area contributed by atoms with Gasteiger partial charge in [0, 0.05) is 11.3 Å². The summed E-state index contributed by atoms with van der Waals surface area (Å²) in [5.74, 6) is -1.08. The number of methoxy groups -OCH3 is 1. The van der Waals surface area contributed by atoms with Crippen molar-refractivity contribution in [1.82, 2.24) is 0 Å². The zero-order valence-electron chi connectivity index (χ0n) is 13.8. The summed E-state index contributed by atoms with van der Waals surface area (Å²) in [4.78, 5) is 25.1. The molecule has 3 atom stereocenters. The van der Waals surface area contributed by atoms with Crippen molar-refractivity contribution in [2.24, 2.45) is 16.7 Å². The average Bonchev–Trinajstić information content (AvgIpc) is 2.42. The van der Waals surface area contributed by atoms with Crippen LogP contribution in [0.4, 0.5) is 0 Å². The van der Waals surface area contributed by atoms with Gasteiger partial charge in [0.25, 0.3) is 0 Å². The highest BCUT2D eigenvalue weighted by Crippen LogP contribution is 2.50. The van der Waals surface area contributed by atoms with E-state index in [9.17, 15) is 14.7 Å². The van der Waals surface area contributed by atoms with E-state index in [2.05, 4.69) is 6.58 Å². The Morgan fingerprint density at radius 1 is 1.48 bits per heavy atom. The van der Waals surface area contributed by atoms with Crippen LogP contribution in [-0.4, -0.2) is 29.6 Å². The van der Waals surface area contributed by atoms with Crippen LogP contribution in [-0.2, 0) is 14.3 Å². The molecule has 0 saturated carbocycles. The molecule has 21 heavy (non-hydrogen) atoms. The van der Waals surface area contributed by atoms with Crippen LogP contribution in [0.5, 0.6) is 0 Å². The second-order valence-corrected chi connectivity index (χ2v) is 6.64. The van der Waals surface area contributed by atoms with Gasteiger partial charge in [0.15, 0.2) is 11.4 Å². The number of carbonyl (C=O) groups excluding carboxylic acids is 2. The number of hydrogen-bond donors (Lipinski definition) is 1. The molecule has 1 aliphatic rings. The maximum Gasteiger partial charge on any atom is 0.339 e. The highest BCUT2D eigenvalue weighted by Gasteiger charge is 2.60. The molecular weight excluding hydrogens is 268 g/mol. The number of allylic oxidation sites excluding steroid dienone is 2. The van der Waals surface area contributed by atoms with E-state index in [0.717, 1.165) is 5.57 Å². The van der Waals surface area contributed by atoms with Crippen molar-refractivity contribution in [3.8, 4) is 0 Å². The Morgan fingerprint density at radius 2 is 2.00 bits per heavy atom. The third-order valence-electron chi connectivity index (χ3n) is 4.88. The summed E-state index contributed by atoms with van der Waals surface area (Å²) in [7, 11) is 1.21. The number of carbonyl (C=O) groups is 2. The molecule has 118 valence electrons. The molecule has 0 spiro atoms. The van der Waals surface area contributed by atoms with Crippen molar-refractivity contribution in [1.29, 1.82) is 0 Å². The first-order chi connectivity index (χ1) is 9.49. The monoisotopic (exact) mass is 294 g/mol. The van der Waals surface area contributed by atoms with Gasteiger partial charge in [0.05, 0.1) is 12.5 Å². The molecule has 0 fully saturated rings. The summed E-state index contributed by atoms with van der Waals surface area (Å²) in [6.07, 6.45) is 3.60. The van der Waals surface area contributed by atoms with E-state index in [1.165, 1.54) is 7.11 Å². The lowest BCUT2D eigenvalue weighted by atomic mass is 9.55. The van der Waals surface area contributed by atoms with Gasteiger partial charge in [-0.1, -0.05) is 45.1 Å². The maximum absolute atomic E-state index is 13.0. The first-order valence-electron chi connectivity index (χ1n) is 7.19. The number of ketones is 1. The standard InChI is InChI=1S/C17H26O4/c1-8-17(20,14(19)21-7)16(6)10-9-12(11(2)3)15(4,5)13(16)18/h9-10,12,20H,2,8H2,1,3-7H3/t12-,16+,17?/m0/s1. The number of rotatable bonds is 4. The van der Waals surface area contributed by atoms with Crippen molar-refractivity contribution in [2.45, 2.75) is 46.6 Å². The SMILES string of the molecule is C=C(C)[C@@H]1C=C[C@@](C)(C(O)(CC)C(=O)OC)C(=O)C1(C)C. The van der Waals surface area contributed by atoms with Crippen LogP contribution in [0.3, 0.4) is 0 Å². The molecule has 0 amide bonds. The fraction of sp³-hybridized carbons (Fsp3) is 0.647. The third kappa shape index (κ3) is 2.35. The molecule has 4 heteroatoms. The summed E-state index contributed by atoms with van der Waals surface area (Å²) in [5.41, 5.74) is -3.05. The van der Waals surface area contributed by atoms with Gasteiger partial charge in [0.1, 0.15) is 0 Å². The molecule has 0 radical (unpaired) electrons. The van der Waals surface area contributed by atoms with E-state index in [0.29, 0.717) is 0 Å². The van der Waals surface area contributed by atoms with E-state index in [1.807, 2.05) is 26.8 Å². The van der Waals surface area contributed by atoms with Gasteiger partial charge in [-0.05, 0) is 20.3 Å². The largest absolute Gasteiger partial charge is 0.467 e. The lowest BCUT2D eigenvalue weighted by molar-refractivity contribution is -0.181. The van der Waals surface area contributed by atoms with E-state index in [-0.39, 0.29) is 18.1 Å². The topological polar surface area (TPSA) is 63.6 Å². The molecule has 0 aromatic rings. The van der Waals surface area contributed by atoms with Gasteiger partial charge in [-0.25, -0.2) is 4.79 Å². The minimum Gasteiger partial charge on any atom is -0.467 e. The molecule has 0 aromatic heterocycles. The Balaban J connectivity index is 3.49. The number of Topliss-reactive ketones (excluding diaryl/α,β-unsaturated/α-hetero) is 1. The lowest BCUT2D eigenvalue weighted by Crippen LogP contribution is -2.61. The summed E-state index contributed by atoms with van der Waals surface area (Å²) >= 11 is 0. The lowest BCUT2D eigenvalue weighted by Gasteiger charge is -2.48. The Labute approximate surface area is 126 Å². The number of esters is 1. The highest BCUT2D eigenvalue weighted by atomic mass is 16.5. The fourth-order valence-electron chi connectivity index (χ4n) is 3.41. The maximum atomic E-state index is 13.0. The van der Waals surface area contributed by atoms with Crippen LogP contribution in [0.25, 0.3) is 0 Å². The molecule has 1 unspecified atom stereocenters. The van der Waals surface area contributed by atoms with Crippen molar-refractivity contribution >= 4 is 11.8 Å². The van der Waals surface area contributed by atoms with E-state index in [4.69, 9.17) is 4.74 Å². The first-order valence-corrected chi connectivity index (χ1v) is 7.19. The normalized spacial score (nSPS) is 30.6. The Kier molecular flexibility index (Phi) is 4.54. The Bertz CT molecular complexity index is 503. The molecule has 4 nitrogen and oxygen atoms in total. The van der Waals surface area contributed by atoms with Gasteiger partial charge >= 0.3 is 5.97 Å². The number of ether oxygens (including phenoxy) is 1. The minimum absolute atomic E-state index is 0.0973. The van der Waals surface area contributed by atoms with Gasteiger partial charge in [-0.3, -0.25) is 4.79 Å². The quantitative estimate of drug-likeness (QED) is 0.639. The van der Waals surface area contributed by atoms with Crippen LogP contribution in [0, 0.1) is 16.7 Å². The van der Waals surface area contributed by atoms with Crippen LogP contribution in [0.2, 0.25) is 0 Å².